The topological polar surface area (TPSA) is 52.1 Å². The quantitative estimate of drug-likeness (QED) is 0.861. The SMILES string of the molecule is S=c1[nH]nc(COc2ccccc2)n1CC1CCCO1. The van der Waals surface area contributed by atoms with E-state index in [0.717, 1.165) is 37.6 Å². The van der Waals surface area contributed by atoms with E-state index in [0.29, 0.717) is 11.4 Å². The molecule has 0 aliphatic carbocycles. The highest BCUT2D eigenvalue weighted by molar-refractivity contribution is 7.71. The van der Waals surface area contributed by atoms with Crippen LogP contribution in [0, 0.1) is 4.77 Å². The van der Waals surface area contributed by atoms with Crippen molar-refractivity contribution in [3.8, 4) is 5.75 Å². The number of nitrogens with one attached hydrogen (secondary N) is 1. The van der Waals surface area contributed by atoms with E-state index in [9.17, 15) is 0 Å². The van der Waals surface area contributed by atoms with E-state index in [1.807, 2.05) is 34.9 Å². The molecule has 1 aromatic heterocycles. The lowest BCUT2D eigenvalue weighted by Crippen LogP contribution is -2.18. The van der Waals surface area contributed by atoms with Gasteiger partial charge in [-0.2, -0.15) is 5.10 Å². The van der Waals surface area contributed by atoms with Crippen LogP contribution in [0.2, 0.25) is 0 Å². The molecule has 106 valence electrons. The number of rotatable bonds is 5. The minimum atomic E-state index is 0.231. The summed E-state index contributed by atoms with van der Waals surface area (Å²) in [5.41, 5.74) is 0. The van der Waals surface area contributed by atoms with Gasteiger partial charge in [0.1, 0.15) is 12.4 Å². The third kappa shape index (κ3) is 3.08. The van der Waals surface area contributed by atoms with Gasteiger partial charge in [0.15, 0.2) is 10.6 Å². The molecule has 1 aromatic carbocycles. The number of nitrogens with zero attached hydrogens (tertiary/aromatic N) is 2. The summed E-state index contributed by atoms with van der Waals surface area (Å²) in [6.45, 7) is 1.97. The summed E-state index contributed by atoms with van der Waals surface area (Å²) in [4.78, 5) is 0. The highest BCUT2D eigenvalue weighted by Crippen LogP contribution is 2.16. The Balaban J connectivity index is 1.68. The van der Waals surface area contributed by atoms with Gasteiger partial charge in [0.2, 0.25) is 0 Å². The number of hydrogen-bond donors (Lipinski definition) is 1. The summed E-state index contributed by atoms with van der Waals surface area (Å²) in [6, 6.07) is 9.69. The fourth-order valence-corrected chi connectivity index (χ4v) is 2.53. The van der Waals surface area contributed by atoms with Crippen LogP contribution in [0.4, 0.5) is 0 Å². The number of para-hydroxylation sites is 1. The van der Waals surface area contributed by atoms with Gasteiger partial charge < -0.3 is 9.47 Å². The van der Waals surface area contributed by atoms with Crippen LogP contribution in [0.15, 0.2) is 30.3 Å². The number of H-pyrrole nitrogens is 1. The maximum Gasteiger partial charge on any atom is 0.195 e. The molecule has 3 rings (SSSR count). The lowest BCUT2D eigenvalue weighted by Gasteiger charge is -2.12. The van der Waals surface area contributed by atoms with Crippen molar-refractivity contribution in [3.05, 3.63) is 40.9 Å². The second-order valence-corrected chi connectivity index (χ2v) is 5.18. The van der Waals surface area contributed by atoms with Crippen LogP contribution in [0.25, 0.3) is 0 Å². The molecular weight excluding hydrogens is 274 g/mol. The Morgan fingerprint density at radius 3 is 3.00 bits per heavy atom. The predicted molar refractivity (Wildman–Crippen MR) is 77.2 cm³/mol. The maximum absolute atomic E-state index is 5.72. The first-order valence-corrected chi connectivity index (χ1v) is 7.17. The van der Waals surface area contributed by atoms with Crippen LogP contribution in [-0.2, 0) is 17.9 Å². The van der Waals surface area contributed by atoms with E-state index >= 15 is 0 Å². The van der Waals surface area contributed by atoms with Crippen molar-refractivity contribution in [2.45, 2.75) is 32.1 Å². The van der Waals surface area contributed by atoms with E-state index in [-0.39, 0.29) is 6.10 Å². The van der Waals surface area contributed by atoms with Crippen LogP contribution < -0.4 is 4.74 Å². The number of hydrogen-bond acceptors (Lipinski definition) is 4. The summed E-state index contributed by atoms with van der Waals surface area (Å²) < 4.78 is 14.0. The molecule has 1 aliphatic rings. The third-order valence-corrected chi connectivity index (χ3v) is 3.67. The van der Waals surface area contributed by atoms with E-state index in [1.165, 1.54) is 0 Å². The fourth-order valence-electron chi connectivity index (χ4n) is 2.31. The fraction of sp³-hybridized carbons (Fsp3) is 0.429. The molecule has 2 heterocycles. The smallest absolute Gasteiger partial charge is 0.195 e. The first-order chi connectivity index (χ1) is 9.83. The Labute approximate surface area is 122 Å². The van der Waals surface area contributed by atoms with Gasteiger partial charge in [0.25, 0.3) is 0 Å². The average molecular weight is 291 g/mol. The second kappa shape index (κ2) is 6.19. The Kier molecular flexibility index (Phi) is 4.13. The van der Waals surface area contributed by atoms with Gasteiger partial charge in [0.05, 0.1) is 12.6 Å². The van der Waals surface area contributed by atoms with Crippen molar-refractivity contribution in [2.75, 3.05) is 6.61 Å². The van der Waals surface area contributed by atoms with Crippen LogP contribution in [0.3, 0.4) is 0 Å². The van der Waals surface area contributed by atoms with E-state index in [2.05, 4.69) is 10.2 Å². The summed E-state index contributed by atoms with van der Waals surface area (Å²) in [5.74, 6) is 1.62. The molecule has 2 aromatic rings. The number of benzene rings is 1. The van der Waals surface area contributed by atoms with Crippen LogP contribution in [0.1, 0.15) is 18.7 Å². The molecule has 0 spiro atoms. The van der Waals surface area contributed by atoms with Gasteiger partial charge in [0, 0.05) is 6.61 Å². The Morgan fingerprint density at radius 2 is 2.25 bits per heavy atom. The highest BCUT2D eigenvalue weighted by Gasteiger charge is 2.18. The summed E-state index contributed by atoms with van der Waals surface area (Å²) in [5, 5.41) is 7.07. The maximum atomic E-state index is 5.72. The highest BCUT2D eigenvalue weighted by atomic mass is 32.1. The lowest BCUT2D eigenvalue weighted by molar-refractivity contribution is 0.0949. The molecule has 0 radical (unpaired) electrons. The molecule has 0 amide bonds. The van der Waals surface area contributed by atoms with Crippen molar-refractivity contribution in [2.24, 2.45) is 0 Å². The molecule has 5 nitrogen and oxygen atoms in total. The van der Waals surface area contributed by atoms with Gasteiger partial charge in [-0.25, -0.2) is 0 Å². The van der Waals surface area contributed by atoms with Crippen LogP contribution in [0.5, 0.6) is 5.75 Å². The second-order valence-electron chi connectivity index (χ2n) is 4.79. The number of aromatic amines is 1. The molecule has 6 heteroatoms. The molecule has 1 unspecified atom stereocenters. The van der Waals surface area contributed by atoms with Gasteiger partial charge in [-0.15, -0.1) is 0 Å². The molecule has 0 saturated carbocycles. The third-order valence-electron chi connectivity index (χ3n) is 3.36. The van der Waals surface area contributed by atoms with Gasteiger partial charge in [-0.1, -0.05) is 18.2 Å². The van der Waals surface area contributed by atoms with Crippen molar-refractivity contribution >= 4 is 12.2 Å². The van der Waals surface area contributed by atoms with E-state index in [4.69, 9.17) is 21.7 Å². The normalized spacial score (nSPS) is 18.3. The first-order valence-electron chi connectivity index (χ1n) is 6.76. The molecule has 1 atom stereocenters. The van der Waals surface area contributed by atoms with Crippen molar-refractivity contribution in [3.63, 3.8) is 0 Å². The van der Waals surface area contributed by atoms with Gasteiger partial charge in [-0.3, -0.25) is 9.67 Å². The Bertz CT molecular complexity index is 602. The zero-order valence-electron chi connectivity index (χ0n) is 11.1. The number of aromatic nitrogens is 3. The number of ether oxygens (including phenoxy) is 2. The van der Waals surface area contributed by atoms with E-state index in [1.54, 1.807) is 0 Å². The zero-order chi connectivity index (χ0) is 13.8. The zero-order valence-corrected chi connectivity index (χ0v) is 11.9. The molecular formula is C14H17N3O2S. The molecule has 1 saturated heterocycles. The van der Waals surface area contributed by atoms with E-state index < -0.39 is 0 Å². The lowest BCUT2D eigenvalue weighted by atomic mass is 10.2. The van der Waals surface area contributed by atoms with Gasteiger partial charge >= 0.3 is 0 Å². The van der Waals surface area contributed by atoms with Crippen LogP contribution >= 0.6 is 12.2 Å². The molecule has 1 N–H and O–H groups in total. The van der Waals surface area contributed by atoms with Crippen molar-refractivity contribution in [1.82, 2.24) is 14.8 Å². The monoisotopic (exact) mass is 291 g/mol. The minimum absolute atomic E-state index is 0.231. The predicted octanol–water partition coefficient (Wildman–Crippen LogP) is 2.70. The minimum Gasteiger partial charge on any atom is -0.486 e. The van der Waals surface area contributed by atoms with Crippen molar-refractivity contribution in [1.29, 1.82) is 0 Å². The molecule has 1 fully saturated rings. The van der Waals surface area contributed by atoms with Crippen LogP contribution in [-0.4, -0.2) is 27.5 Å². The molecule has 0 bridgehead atoms. The summed E-state index contributed by atoms with van der Waals surface area (Å²) >= 11 is 5.27. The Morgan fingerprint density at radius 1 is 1.40 bits per heavy atom. The molecule has 20 heavy (non-hydrogen) atoms. The average Bonchev–Trinajstić information content (AvgIpc) is 3.10. The molecule has 1 aliphatic heterocycles. The van der Waals surface area contributed by atoms with Gasteiger partial charge in [-0.05, 0) is 37.2 Å². The largest absolute Gasteiger partial charge is 0.486 e. The standard InChI is InChI=1S/C14H17N3O2S/c20-14-16-15-13(10-19-11-5-2-1-3-6-11)17(14)9-12-7-4-8-18-12/h1-3,5-6,12H,4,7-10H2,(H,16,20). The summed E-state index contributed by atoms with van der Waals surface area (Å²) in [7, 11) is 0. The first kappa shape index (κ1) is 13.3. The summed E-state index contributed by atoms with van der Waals surface area (Å²) in [6.07, 6.45) is 2.42. The Hall–Kier alpha value is -1.66. The van der Waals surface area contributed by atoms with Crippen molar-refractivity contribution < 1.29 is 9.47 Å².